The average molecular weight is 430 g/mol. The van der Waals surface area contributed by atoms with Crippen LogP contribution in [0.15, 0.2) is 0 Å². The van der Waals surface area contributed by atoms with Gasteiger partial charge in [0.1, 0.15) is 0 Å². The first-order valence-electron chi connectivity index (χ1n) is 6.30. The van der Waals surface area contributed by atoms with Crippen LogP contribution in [0, 0.1) is 0 Å². The number of ether oxygens (including phenoxy) is 1. The first-order valence-corrected chi connectivity index (χ1v) is 6.30. The number of carboxylic acid groups (broad SMARTS) is 5. The van der Waals surface area contributed by atoms with Crippen molar-refractivity contribution < 1.29 is 64.1 Å². The molecule has 0 heterocycles. The number of esters is 1. The molecule has 13 nitrogen and oxygen atoms in total. The van der Waals surface area contributed by atoms with E-state index in [0.717, 1.165) is 0 Å². The Hall–Kier alpha value is -0.584. The Morgan fingerprint density at radius 3 is 1.30 bits per heavy atom. The Labute approximate surface area is 215 Å². The van der Waals surface area contributed by atoms with Crippen LogP contribution in [0.3, 0.4) is 0 Å². The van der Waals surface area contributed by atoms with E-state index in [0.29, 0.717) is 0 Å². The molecule has 0 bridgehead atoms. The van der Waals surface area contributed by atoms with Crippen LogP contribution in [-0.4, -0.2) is 159 Å². The number of aliphatic hydroxyl groups is 1. The van der Waals surface area contributed by atoms with E-state index in [-0.39, 0.29) is 80.9 Å². The molecular weight excluding hydrogens is 414 g/mol. The predicted octanol–water partition coefficient (Wildman–Crippen LogP) is -3.31. The van der Waals surface area contributed by atoms with E-state index in [1.54, 1.807) is 0 Å². The van der Waals surface area contributed by atoms with Gasteiger partial charge in [-0.05, 0) is 0 Å². The van der Waals surface area contributed by atoms with E-state index in [2.05, 4.69) is 4.74 Å². The number of rotatable bonds is 11. The third kappa shape index (κ3) is 10.5. The van der Waals surface area contributed by atoms with Crippen LogP contribution in [0.4, 0.5) is 0 Å². The maximum atomic E-state index is 11.7. The summed E-state index contributed by atoms with van der Waals surface area (Å²) >= 11 is 0. The van der Waals surface area contributed by atoms with Gasteiger partial charge in [0.2, 0.25) is 5.60 Å². The monoisotopic (exact) mass is 430 g/mol. The summed E-state index contributed by atoms with van der Waals surface area (Å²) in [6.45, 7) is 0. The second-order valence-electron chi connectivity index (χ2n) is 5.00. The number of aliphatic carboxylic acids is 5. The summed E-state index contributed by atoms with van der Waals surface area (Å²) in [5, 5.41) is 53.5. The van der Waals surface area contributed by atoms with E-state index < -0.39 is 72.7 Å². The van der Waals surface area contributed by atoms with Gasteiger partial charge in [0.25, 0.3) is 0 Å². The van der Waals surface area contributed by atoms with Gasteiger partial charge in [-0.2, -0.15) is 0 Å². The van der Waals surface area contributed by atoms with Crippen molar-refractivity contribution in [2.75, 3.05) is 0 Å². The van der Waals surface area contributed by atoms with Gasteiger partial charge in [-0.25, -0.2) is 9.59 Å². The Bertz CT molecular complexity index is 602. The summed E-state index contributed by atoms with van der Waals surface area (Å²) in [5.74, 6) is -11.6. The summed E-state index contributed by atoms with van der Waals surface area (Å²) in [4.78, 5) is 66.0. The molecule has 0 aliphatic rings. The molecule has 27 heavy (non-hydrogen) atoms. The second kappa shape index (κ2) is 12.8. The summed E-state index contributed by atoms with van der Waals surface area (Å²) in [6.07, 6.45) is -5.94. The fourth-order valence-electron chi connectivity index (χ4n) is 1.77. The molecule has 144 valence electrons. The maximum absolute atomic E-state index is 11.7. The van der Waals surface area contributed by atoms with Gasteiger partial charge in [0.05, 0.1) is 25.7 Å². The van der Waals surface area contributed by atoms with E-state index in [9.17, 15) is 33.9 Å². The van der Waals surface area contributed by atoms with E-state index in [1.807, 2.05) is 0 Å². The third-order valence-electron chi connectivity index (χ3n) is 2.85. The van der Waals surface area contributed by atoms with Crippen LogP contribution in [0.1, 0.15) is 25.7 Å². The van der Waals surface area contributed by atoms with Gasteiger partial charge in [0, 0.05) is 0 Å². The molecule has 0 fully saturated rings. The van der Waals surface area contributed by atoms with Gasteiger partial charge >= 0.3 is 117 Å². The van der Waals surface area contributed by atoms with E-state index >= 15 is 0 Å². The Morgan fingerprint density at radius 2 is 1.04 bits per heavy atom. The molecule has 0 radical (unpaired) electrons. The standard InChI is InChI=1S/C12H14O13.K.Na.2H/c13-5(14)1-11(24,9(20)21)4-8(19)25-12(10(22)23,2-6(15)16)3-7(17)18;;;;/h24H,1-4H2,(H,13,14)(H,15,16)(H,17,18)(H,20,21)(H,22,23);;;;. The Balaban J connectivity index is -0.00000288. The molecule has 6 N–H and O–H groups in total. The molecule has 0 rings (SSSR count). The van der Waals surface area contributed by atoms with Crippen molar-refractivity contribution in [1.82, 2.24) is 0 Å². The molecule has 0 aliphatic heterocycles. The van der Waals surface area contributed by atoms with E-state index in [4.69, 9.17) is 25.5 Å². The minimum atomic E-state index is -3.17. The van der Waals surface area contributed by atoms with Crippen LogP contribution < -0.4 is 0 Å². The average Bonchev–Trinajstić information content (AvgIpc) is 2.34. The molecule has 0 aromatic rings. The summed E-state index contributed by atoms with van der Waals surface area (Å²) < 4.78 is 4.33. The number of carbonyl (C=O) groups excluding carboxylic acids is 1. The quantitative estimate of drug-likeness (QED) is 0.139. The molecule has 0 aliphatic carbocycles. The van der Waals surface area contributed by atoms with Crippen molar-refractivity contribution in [3.05, 3.63) is 0 Å². The number of carbonyl (C=O) groups is 6. The number of carboxylic acids is 5. The fraction of sp³-hybridized carbons (Fsp3) is 0.500. The van der Waals surface area contributed by atoms with Crippen molar-refractivity contribution in [3.8, 4) is 0 Å². The van der Waals surface area contributed by atoms with Crippen molar-refractivity contribution in [3.63, 3.8) is 0 Å². The van der Waals surface area contributed by atoms with Crippen LogP contribution in [0.25, 0.3) is 0 Å². The van der Waals surface area contributed by atoms with Crippen LogP contribution >= 0.6 is 0 Å². The van der Waals surface area contributed by atoms with Gasteiger partial charge in [-0.3, -0.25) is 19.2 Å². The zero-order valence-corrected chi connectivity index (χ0v) is 12.4. The molecular formula is C12H16KNaO13. The first kappa shape index (κ1) is 31.1. The summed E-state index contributed by atoms with van der Waals surface area (Å²) in [6, 6.07) is 0. The topological polar surface area (TPSA) is 233 Å². The molecule has 15 heteroatoms. The number of hydrogen-bond donors (Lipinski definition) is 6. The molecule has 0 saturated heterocycles. The summed E-state index contributed by atoms with van der Waals surface area (Å²) in [7, 11) is 0. The van der Waals surface area contributed by atoms with Gasteiger partial charge in [0.15, 0.2) is 5.60 Å². The van der Waals surface area contributed by atoms with Crippen molar-refractivity contribution in [2.45, 2.75) is 36.9 Å². The van der Waals surface area contributed by atoms with Gasteiger partial charge in [-0.15, -0.1) is 0 Å². The third-order valence-corrected chi connectivity index (χ3v) is 2.85. The molecule has 0 aromatic carbocycles. The van der Waals surface area contributed by atoms with Gasteiger partial charge < -0.3 is 35.4 Å². The Kier molecular flexibility index (Phi) is 14.7. The van der Waals surface area contributed by atoms with E-state index in [1.165, 1.54) is 0 Å². The molecule has 0 aromatic heterocycles. The predicted molar refractivity (Wildman–Crippen MR) is 84.7 cm³/mol. The molecule has 0 spiro atoms. The van der Waals surface area contributed by atoms with Crippen molar-refractivity contribution in [1.29, 1.82) is 0 Å². The number of hydrogen-bond acceptors (Lipinski definition) is 8. The minimum absolute atomic E-state index is 0. The first-order chi connectivity index (χ1) is 11.2. The van der Waals surface area contributed by atoms with Crippen LogP contribution in [-0.2, 0) is 33.5 Å². The normalized spacial score (nSPS) is 12.3. The Morgan fingerprint density at radius 1 is 0.667 bits per heavy atom. The molecule has 1 atom stereocenters. The van der Waals surface area contributed by atoms with Crippen LogP contribution in [0.5, 0.6) is 0 Å². The zero-order chi connectivity index (χ0) is 20.0. The summed E-state index contributed by atoms with van der Waals surface area (Å²) in [5.41, 5.74) is -6.24. The molecule has 0 amide bonds. The fourth-order valence-corrected chi connectivity index (χ4v) is 1.77. The van der Waals surface area contributed by atoms with Gasteiger partial charge in [-0.1, -0.05) is 0 Å². The molecule has 0 saturated carbocycles. The van der Waals surface area contributed by atoms with Crippen molar-refractivity contribution in [2.24, 2.45) is 0 Å². The zero-order valence-electron chi connectivity index (χ0n) is 12.4. The molecule has 1 unspecified atom stereocenters. The van der Waals surface area contributed by atoms with Crippen molar-refractivity contribution >= 4 is 117 Å². The van der Waals surface area contributed by atoms with Crippen LogP contribution in [0.2, 0.25) is 0 Å². The SMILES string of the molecule is O=C(O)CC(O)(CC(=O)OC(CC(=O)O)(CC(=O)O)C(=O)O)C(=O)O.[KH].[NaH]. The second-order valence-corrected chi connectivity index (χ2v) is 5.00.